The summed E-state index contributed by atoms with van der Waals surface area (Å²) in [6.45, 7) is 4.20. The van der Waals surface area contributed by atoms with Gasteiger partial charge in [0.1, 0.15) is 17.2 Å². The lowest BCUT2D eigenvalue weighted by Crippen LogP contribution is -2.14. The van der Waals surface area contributed by atoms with Gasteiger partial charge in [0.05, 0.1) is 5.56 Å². The molecular weight excluding hydrogens is 374 g/mol. The summed E-state index contributed by atoms with van der Waals surface area (Å²) in [5, 5.41) is 6.76. The van der Waals surface area contributed by atoms with Crippen molar-refractivity contribution in [3.8, 4) is 0 Å². The smallest absolute Gasteiger partial charge is 0.338 e. The number of benzene rings is 2. The molecule has 1 N–H and O–H groups in total. The molecule has 1 aromatic heterocycles. The second-order valence-electron chi connectivity index (χ2n) is 6.38. The summed E-state index contributed by atoms with van der Waals surface area (Å²) in [7, 11) is 0. The number of anilines is 1. The van der Waals surface area contributed by atoms with E-state index in [9.17, 15) is 9.59 Å². The fourth-order valence-electron chi connectivity index (χ4n) is 2.59. The summed E-state index contributed by atoms with van der Waals surface area (Å²) in [4.78, 5) is 24.9. The summed E-state index contributed by atoms with van der Waals surface area (Å²) in [6.07, 6.45) is 1.06. The Hall–Kier alpha value is -3.06. The molecule has 0 bridgehead atoms. The third kappa shape index (κ3) is 4.80. The first-order valence-corrected chi connectivity index (χ1v) is 9.80. The van der Waals surface area contributed by atoms with Gasteiger partial charge in [-0.15, -0.1) is 5.10 Å². The summed E-state index contributed by atoms with van der Waals surface area (Å²) in [5.41, 5.74) is 2.70. The molecule has 0 aliphatic rings. The average Bonchev–Trinajstić information content (AvgIpc) is 3.21. The van der Waals surface area contributed by atoms with Crippen molar-refractivity contribution in [3.63, 3.8) is 0 Å². The van der Waals surface area contributed by atoms with Crippen LogP contribution in [0.5, 0.6) is 0 Å². The Morgan fingerprint density at radius 3 is 2.50 bits per heavy atom. The van der Waals surface area contributed by atoms with Gasteiger partial charge in [0.2, 0.25) is 0 Å². The van der Waals surface area contributed by atoms with Crippen LogP contribution in [0, 0.1) is 0 Å². The minimum Gasteiger partial charge on any atom is -0.455 e. The Kier molecular flexibility index (Phi) is 6.49. The van der Waals surface area contributed by atoms with E-state index in [1.807, 2.05) is 30.3 Å². The van der Waals surface area contributed by atoms with Gasteiger partial charge in [-0.3, -0.25) is 4.79 Å². The van der Waals surface area contributed by atoms with Gasteiger partial charge in [-0.1, -0.05) is 48.7 Å². The second kappa shape index (κ2) is 9.23. The summed E-state index contributed by atoms with van der Waals surface area (Å²) >= 11 is 0.972. The number of ether oxygens (including phenoxy) is 1. The van der Waals surface area contributed by atoms with Crippen molar-refractivity contribution in [1.82, 2.24) is 9.59 Å². The molecule has 1 unspecified atom stereocenters. The molecule has 0 aliphatic heterocycles. The predicted octanol–water partition coefficient (Wildman–Crippen LogP) is 4.66. The molecule has 0 saturated carbocycles. The van der Waals surface area contributed by atoms with Crippen molar-refractivity contribution >= 4 is 29.1 Å². The first-order valence-electron chi connectivity index (χ1n) is 9.03. The third-order valence-corrected chi connectivity index (χ3v) is 5.23. The second-order valence-corrected chi connectivity index (χ2v) is 7.13. The van der Waals surface area contributed by atoms with Gasteiger partial charge in [0.25, 0.3) is 5.91 Å². The Labute approximate surface area is 167 Å². The van der Waals surface area contributed by atoms with Crippen LogP contribution < -0.4 is 5.32 Å². The van der Waals surface area contributed by atoms with Gasteiger partial charge in [0, 0.05) is 5.69 Å². The maximum Gasteiger partial charge on any atom is 0.338 e. The molecule has 6 nitrogen and oxygen atoms in total. The largest absolute Gasteiger partial charge is 0.455 e. The maximum atomic E-state index is 12.6. The maximum absolute atomic E-state index is 12.6. The van der Waals surface area contributed by atoms with Crippen LogP contribution in [0.15, 0.2) is 54.6 Å². The van der Waals surface area contributed by atoms with Gasteiger partial charge in [0.15, 0.2) is 0 Å². The highest BCUT2D eigenvalue weighted by Gasteiger charge is 2.18. The number of hydrogen-bond donors (Lipinski definition) is 1. The quantitative estimate of drug-likeness (QED) is 0.589. The number of hydrogen-bond acceptors (Lipinski definition) is 6. The number of amides is 1. The lowest BCUT2D eigenvalue weighted by atomic mass is 9.99. The zero-order valence-corrected chi connectivity index (χ0v) is 16.5. The number of rotatable bonds is 7. The van der Waals surface area contributed by atoms with Crippen molar-refractivity contribution in [3.05, 3.63) is 76.3 Å². The molecule has 0 saturated heterocycles. The predicted molar refractivity (Wildman–Crippen MR) is 109 cm³/mol. The Balaban J connectivity index is 1.62. The van der Waals surface area contributed by atoms with Crippen LogP contribution in [0.3, 0.4) is 0 Å². The highest BCUT2D eigenvalue weighted by Crippen LogP contribution is 2.21. The van der Waals surface area contributed by atoms with Gasteiger partial charge in [-0.05, 0) is 53.7 Å². The number of nitrogens with zero attached hydrogens (tertiary/aromatic N) is 2. The molecule has 1 atom stereocenters. The molecule has 144 valence electrons. The monoisotopic (exact) mass is 395 g/mol. The molecule has 0 fully saturated rings. The van der Waals surface area contributed by atoms with Crippen molar-refractivity contribution in [1.29, 1.82) is 0 Å². The molecule has 1 amide bonds. The van der Waals surface area contributed by atoms with E-state index in [-0.39, 0.29) is 12.5 Å². The molecule has 3 rings (SSSR count). The molecule has 7 heteroatoms. The van der Waals surface area contributed by atoms with E-state index in [1.54, 1.807) is 24.3 Å². The highest BCUT2D eigenvalue weighted by molar-refractivity contribution is 7.08. The van der Waals surface area contributed by atoms with E-state index >= 15 is 0 Å². The molecule has 3 aromatic rings. The van der Waals surface area contributed by atoms with E-state index in [4.69, 9.17) is 4.74 Å². The van der Waals surface area contributed by atoms with Crippen LogP contribution in [-0.4, -0.2) is 21.5 Å². The van der Waals surface area contributed by atoms with E-state index in [1.165, 1.54) is 5.56 Å². The molecule has 0 radical (unpaired) electrons. The standard InChI is InChI=1S/C21H21N3O3S/c1-3-14(2)15-9-11-17(12-10-15)22-20(25)19-18(23-24-28-19)13-27-21(26)16-7-5-4-6-8-16/h4-12,14H,3,13H2,1-2H3,(H,22,25). The van der Waals surface area contributed by atoms with Crippen molar-refractivity contribution in [2.75, 3.05) is 5.32 Å². The fourth-order valence-corrected chi connectivity index (χ4v) is 3.15. The fraction of sp³-hybridized carbons (Fsp3) is 0.238. The molecule has 1 heterocycles. The average molecular weight is 395 g/mol. The third-order valence-electron chi connectivity index (χ3n) is 4.46. The lowest BCUT2D eigenvalue weighted by molar-refractivity contribution is 0.0465. The summed E-state index contributed by atoms with van der Waals surface area (Å²) in [5.74, 6) is -0.320. The van der Waals surface area contributed by atoms with Crippen LogP contribution in [0.2, 0.25) is 0 Å². The SMILES string of the molecule is CCC(C)c1ccc(NC(=O)c2snnc2COC(=O)c2ccccc2)cc1. The van der Waals surface area contributed by atoms with Gasteiger partial charge < -0.3 is 10.1 Å². The van der Waals surface area contributed by atoms with Crippen LogP contribution in [0.25, 0.3) is 0 Å². The highest BCUT2D eigenvalue weighted by atomic mass is 32.1. The first kappa shape index (κ1) is 19.7. The minimum absolute atomic E-state index is 0.111. The Morgan fingerprint density at radius 1 is 1.11 bits per heavy atom. The Bertz CT molecular complexity index is 939. The number of carbonyl (C=O) groups excluding carboxylic acids is 2. The summed E-state index contributed by atoms with van der Waals surface area (Å²) in [6, 6.07) is 16.4. The van der Waals surface area contributed by atoms with Crippen molar-refractivity contribution in [2.24, 2.45) is 0 Å². The number of esters is 1. The number of nitrogens with one attached hydrogen (secondary N) is 1. The Morgan fingerprint density at radius 2 is 1.82 bits per heavy atom. The first-order chi connectivity index (χ1) is 13.6. The van der Waals surface area contributed by atoms with E-state index in [2.05, 4.69) is 28.8 Å². The lowest BCUT2D eigenvalue weighted by Gasteiger charge is -2.10. The van der Waals surface area contributed by atoms with E-state index < -0.39 is 5.97 Å². The van der Waals surface area contributed by atoms with Crippen molar-refractivity contribution < 1.29 is 14.3 Å². The van der Waals surface area contributed by atoms with Crippen molar-refractivity contribution in [2.45, 2.75) is 32.8 Å². The van der Waals surface area contributed by atoms with Gasteiger partial charge in [-0.2, -0.15) is 0 Å². The normalized spacial score (nSPS) is 11.6. The van der Waals surface area contributed by atoms with E-state index in [0.29, 0.717) is 27.7 Å². The van der Waals surface area contributed by atoms with Crippen LogP contribution in [0.1, 0.15) is 57.5 Å². The van der Waals surface area contributed by atoms with E-state index in [0.717, 1.165) is 18.0 Å². The molecule has 0 spiro atoms. The molecule has 28 heavy (non-hydrogen) atoms. The van der Waals surface area contributed by atoms with Crippen LogP contribution in [0.4, 0.5) is 5.69 Å². The molecule has 2 aromatic carbocycles. The summed E-state index contributed by atoms with van der Waals surface area (Å²) < 4.78 is 9.08. The number of aromatic nitrogens is 2. The minimum atomic E-state index is -0.472. The van der Waals surface area contributed by atoms with Gasteiger partial charge >= 0.3 is 5.97 Å². The number of carbonyl (C=O) groups is 2. The van der Waals surface area contributed by atoms with Crippen LogP contribution >= 0.6 is 11.5 Å². The zero-order valence-electron chi connectivity index (χ0n) is 15.7. The zero-order chi connectivity index (χ0) is 19.9. The molecular formula is C21H21N3O3S. The topological polar surface area (TPSA) is 81.2 Å². The van der Waals surface area contributed by atoms with Gasteiger partial charge in [-0.25, -0.2) is 4.79 Å². The van der Waals surface area contributed by atoms with Crippen LogP contribution in [-0.2, 0) is 11.3 Å². The molecule has 0 aliphatic carbocycles.